The molecule has 11 heteroatoms. The van der Waals surface area contributed by atoms with Gasteiger partial charge in [-0.1, -0.05) is 0 Å². The van der Waals surface area contributed by atoms with Gasteiger partial charge in [0.05, 0.1) is 25.9 Å². The molecule has 6 aromatic heterocycles. The first-order chi connectivity index (χ1) is 20.9. The van der Waals surface area contributed by atoms with Gasteiger partial charge in [-0.05, 0) is 73.8 Å². The van der Waals surface area contributed by atoms with Gasteiger partial charge in [-0.2, -0.15) is 12.2 Å². The van der Waals surface area contributed by atoms with Gasteiger partial charge in [-0.15, -0.1) is 11.1 Å². The molecule has 0 fully saturated rings. The fraction of sp³-hybridized carbons (Fsp3) is 0.152. The molecule has 6 aromatic rings. The normalized spacial score (nSPS) is 13.6. The predicted octanol–water partition coefficient (Wildman–Crippen LogP) is 5.40. The summed E-state index contributed by atoms with van der Waals surface area (Å²) in [5, 5.41) is 9.86. The Kier molecular flexibility index (Phi) is 7.68. The van der Waals surface area contributed by atoms with Crippen LogP contribution in [0.3, 0.4) is 0 Å². The molecule has 1 aliphatic heterocycles. The van der Waals surface area contributed by atoms with Crippen LogP contribution in [-0.2, 0) is 25.8 Å². The molecular formula is C33H26N8O2Pd. The molecule has 0 amide bonds. The Morgan fingerprint density at radius 1 is 0.636 bits per heavy atom. The Hall–Kier alpha value is -4.98. The molecule has 0 saturated carbocycles. The number of nitrogens with zero attached hydrogens (tertiary/aromatic N) is 8. The second-order valence-electron chi connectivity index (χ2n) is 10.5. The zero-order valence-electron chi connectivity index (χ0n) is 24.3. The number of methoxy groups -OCH3 is 2. The summed E-state index contributed by atoms with van der Waals surface area (Å²) in [5.41, 5.74) is 5.57. The van der Waals surface area contributed by atoms with Gasteiger partial charge in [0.25, 0.3) is 0 Å². The van der Waals surface area contributed by atoms with Crippen molar-refractivity contribution in [1.82, 2.24) is 39.5 Å². The second-order valence-corrected chi connectivity index (χ2v) is 10.5. The largest absolute Gasteiger partial charge is 2.00 e. The van der Waals surface area contributed by atoms with E-state index < -0.39 is 5.41 Å². The molecule has 10 nitrogen and oxygen atoms in total. The summed E-state index contributed by atoms with van der Waals surface area (Å²) in [7, 11) is 3.27. The van der Waals surface area contributed by atoms with Crippen LogP contribution < -0.4 is 9.47 Å². The van der Waals surface area contributed by atoms with E-state index in [-0.39, 0.29) is 20.4 Å². The van der Waals surface area contributed by atoms with E-state index in [2.05, 4.69) is 36.2 Å². The molecule has 220 valence electrons. The monoisotopic (exact) mass is 672 g/mol. The molecule has 1 aliphatic rings. The summed E-state index contributed by atoms with van der Waals surface area (Å²) >= 11 is 0. The molecule has 0 N–H and O–H groups in total. The average molecular weight is 673 g/mol. The molecule has 0 unspecified atom stereocenters. The van der Waals surface area contributed by atoms with E-state index in [0.29, 0.717) is 23.1 Å². The number of pyridine rings is 4. The number of fused-ring (bicyclic) bond motifs is 10. The summed E-state index contributed by atoms with van der Waals surface area (Å²) in [6.07, 6.45) is 17.7. The van der Waals surface area contributed by atoms with Gasteiger partial charge in [-0.3, -0.25) is 19.9 Å². The van der Waals surface area contributed by atoms with Gasteiger partial charge >= 0.3 is 20.4 Å². The molecule has 0 aliphatic carbocycles. The van der Waals surface area contributed by atoms with Crippen molar-refractivity contribution < 1.29 is 29.9 Å². The van der Waals surface area contributed by atoms with Crippen LogP contribution in [0.2, 0.25) is 0 Å². The fourth-order valence-corrected chi connectivity index (χ4v) is 4.96. The number of hydrogen-bond donors (Lipinski definition) is 0. The smallest absolute Gasteiger partial charge is 0.497 e. The van der Waals surface area contributed by atoms with Gasteiger partial charge in [0.2, 0.25) is 0 Å². The zero-order valence-corrected chi connectivity index (χ0v) is 25.8. The van der Waals surface area contributed by atoms with Crippen molar-refractivity contribution in [3.05, 3.63) is 108 Å². The van der Waals surface area contributed by atoms with Gasteiger partial charge in [0.1, 0.15) is 11.5 Å². The number of aromatic nitrogens is 8. The topological polar surface area (TPSA) is 106 Å². The minimum absolute atomic E-state index is 0. The van der Waals surface area contributed by atoms with Crippen molar-refractivity contribution >= 4 is 12.2 Å². The van der Waals surface area contributed by atoms with Crippen molar-refractivity contribution in [2.45, 2.75) is 19.3 Å². The van der Waals surface area contributed by atoms with E-state index in [1.165, 1.54) is 0 Å². The van der Waals surface area contributed by atoms with Crippen LogP contribution in [-0.4, -0.2) is 53.7 Å². The van der Waals surface area contributed by atoms with E-state index >= 15 is 0 Å². The summed E-state index contributed by atoms with van der Waals surface area (Å²) < 4.78 is 14.7. The van der Waals surface area contributed by atoms with Gasteiger partial charge < -0.3 is 18.8 Å². The molecule has 8 bridgehead atoms. The fourth-order valence-electron chi connectivity index (χ4n) is 4.96. The van der Waals surface area contributed by atoms with Crippen LogP contribution in [0.1, 0.15) is 36.4 Å². The average Bonchev–Trinajstić information content (AvgIpc) is 3.69. The molecule has 0 atom stereocenters. The molecule has 0 aromatic carbocycles. The third-order valence-electron chi connectivity index (χ3n) is 7.44. The molecular weight excluding hydrogens is 647 g/mol. The first-order valence-electron chi connectivity index (χ1n) is 13.6. The first-order valence-corrected chi connectivity index (χ1v) is 13.6. The maximum absolute atomic E-state index is 5.71. The van der Waals surface area contributed by atoms with E-state index in [4.69, 9.17) is 29.6 Å². The van der Waals surface area contributed by atoms with Crippen molar-refractivity contribution in [2.75, 3.05) is 14.2 Å². The second kappa shape index (κ2) is 11.6. The van der Waals surface area contributed by atoms with Crippen LogP contribution in [0.25, 0.3) is 46.3 Å². The predicted molar refractivity (Wildman–Crippen MR) is 161 cm³/mol. The Morgan fingerprint density at radius 3 is 1.43 bits per heavy atom. The third-order valence-corrected chi connectivity index (χ3v) is 7.44. The van der Waals surface area contributed by atoms with Gasteiger partial charge in [0.15, 0.2) is 0 Å². The molecule has 0 saturated heterocycles. The van der Waals surface area contributed by atoms with Crippen molar-refractivity contribution in [1.29, 1.82) is 0 Å². The van der Waals surface area contributed by atoms with E-state index in [9.17, 15) is 0 Å². The van der Waals surface area contributed by atoms with Gasteiger partial charge in [0, 0.05) is 65.1 Å². The quantitative estimate of drug-likeness (QED) is 0.181. The Labute approximate surface area is 268 Å². The number of ether oxygens (including phenoxy) is 2. The standard InChI is InChI=1S/C33H26N8O2.Pd/c1-33(2)27-15-25(42-3)17-29(36-27)40-19-23(31(38-40)21-7-11-34-12-8-21)5-6-24-20-41(30-18-26(43-4)16-28(33)37-30)39-32(24)22-9-13-35-14-10-22;/h5-18H,1-4H3;/q-2;+2/b6-5-;. The molecule has 0 spiro atoms. The van der Waals surface area contributed by atoms with Crippen LogP contribution in [0, 0.1) is 12.4 Å². The summed E-state index contributed by atoms with van der Waals surface area (Å²) in [6.45, 7) is 4.12. The van der Waals surface area contributed by atoms with E-state index in [0.717, 1.165) is 45.0 Å². The Bertz CT molecular complexity index is 1840. The summed E-state index contributed by atoms with van der Waals surface area (Å²) in [4.78, 5) is 18.4. The minimum Gasteiger partial charge on any atom is -0.497 e. The SMILES string of the molecule is COc1cc2nc(c1)C(C)(C)c1cc(OC)cc(n1)-n1[c-]c(c(-c3ccncc3)n1)/C=C\c1[c-]n-2nc1-c1ccncc1.[Pd+2]. The molecule has 7 heterocycles. The maximum Gasteiger partial charge on any atom is 2.00 e. The van der Waals surface area contributed by atoms with Gasteiger partial charge in [-0.25, -0.2) is 10.2 Å². The van der Waals surface area contributed by atoms with E-state index in [1.54, 1.807) is 48.4 Å². The minimum atomic E-state index is -0.668. The summed E-state index contributed by atoms with van der Waals surface area (Å²) in [5.74, 6) is 2.40. The van der Waals surface area contributed by atoms with Crippen LogP contribution in [0.15, 0.2) is 73.3 Å². The molecule has 44 heavy (non-hydrogen) atoms. The van der Waals surface area contributed by atoms with Crippen LogP contribution >= 0.6 is 0 Å². The zero-order chi connectivity index (χ0) is 29.6. The number of rotatable bonds is 4. The first kappa shape index (κ1) is 29.1. The summed E-state index contributed by atoms with van der Waals surface area (Å²) in [6, 6.07) is 15.2. The van der Waals surface area contributed by atoms with Crippen LogP contribution in [0.4, 0.5) is 0 Å². The maximum atomic E-state index is 5.71. The van der Waals surface area contributed by atoms with Crippen molar-refractivity contribution in [3.8, 4) is 45.6 Å². The molecule has 7 rings (SSSR count). The number of hydrogen-bond acceptors (Lipinski definition) is 8. The Balaban J connectivity index is 0.00000343. The van der Waals surface area contributed by atoms with Crippen molar-refractivity contribution in [3.63, 3.8) is 0 Å². The Morgan fingerprint density at radius 2 is 1.05 bits per heavy atom. The third kappa shape index (κ3) is 5.21. The van der Waals surface area contributed by atoms with E-state index in [1.807, 2.05) is 60.7 Å². The molecule has 0 radical (unpaired) electrons. The van der Waals surface area contributed by atoms with Crippen LogP contribution in [0.5, 0.6) is 11.5 Å². The van der Waals surface area contributed by atoms with Crippen molar-refractivity contribution in [2.24, 2.45) is 0 Å².